The number of nitrogens with one attached hydrogen (secondary N) is 1. The Kier molecular flexibility index (Phi) is 5.73. The number of para-hydroxylation sites is 1. The SMILES string of the molecule is CCn1c(=O)c2ccccc2n(CC(=O)OCC(=O)NCc2ccco2)c1=O. The highest BCUT2D eigenvalue weighted by Gasteiger charge is 2.16. The smallest absolute Gasteiger partial charge is 0.332 e. The summed E-state index contributed by atoms with van der Waals surface area (Å²) >= 11 is 0. The van der Waals surface area contributed by atoms with Crippen molar-refractivity contribution in [1.82, 2.24) is 14.5 Å². The van der Waals surface area contributed by atoms with Gasteiger partial charge in [-0.15, -0.1) is 0 Å². The summed E-state index contributed by atoms with van der Waals surface area (Å²) in [5, 5.41) is 2.87. The Morgan fingerprint density at radius 3 is 2.61 bits per heavy atom. The first-order chi connectivity index (χ1) is 13.5. The van der Waals surface area contributed by atoms with E-state index in [2.05, 4.69) is 5.32 Å². The van der Waals surface area contributed by atoms with Crippen LogP contribution in [0.3, 0.4) is 0 Å². The molecule has 0 fully saturated rings. The molecular formula is C19H19N3O6. The van der Waals surface area contributed by atoms with Crippen molar-refractivity contribution < 1.29 is 18.7 Å². The molecule has 2 heterocycles. The van der Waals surface area contributed by atoms with Crippen LogP contribution in [0.5, 0.6) is 0 Å². The molecule has 0 aliphatic heterocycles. The molecule has 0 saturated heterocycles. The van der Waals surface area contributed by atoms with Crippen LogP contribution < -0.4 is 16.6 Å². The number of esters is 1. The minimum atomic E-state index is -0.762. The summed E-state index contributed by atoms with van der Waals surface area (Å²) < 4.78 is 12.3. The van der Waals surface area contributed by atoms with Crippen LogP contribution in [0.25, 0.3) is 10.9 Å². The molecule has 0 aliphatic rings. The molecule has 0 saturated carbocycles. The van der Waals surface area contributed by atoms with Gasteiger partial charge in [-0.05, 0) is 31.2 Å². The number of aromatic nitrogens is 2. The molecule has 28 heavy (non-hydrogen) atoms. The molecule has 0 aliphatic carbocycles. The molecule has 0 atom stereocenters. The number of ether oxygens (including phenoxy) is 1. The van der Waals surface area contributed by atoms with Gasteiger partial charge in [-0.2, -0.15) is 0 Å². The number of carbonyl (C=O) groups excluding carboxylic acids is 2. The maximum atomic E-state index is 12.6. The Labute approximate surface area is 159 Å². The molecule has 1 amide bonds. The van der Waals surface area contributed by atoms with E-state index in [0.717, 1.165) is 4.57 Å². The Morgan fingerprint density at radius 1 is 1.11 bits per heavy atom. The summed E-state index contributed by atoms with van der Waals surface area (Å²) in [5.74, 6) is -0.693. The molecule has 146 valence electrons. The molecular weight excluding hydrogens is 366 g/mol. The average Bonchev–Trinajstić information content (AvgIpc) is 3.22. The summed E-state index contributed by atoms with van der Waals surface area (Å²) in [6, 6.07) is 9.92. The van der Waals surface area contributed by atoms with Crippen molar-refractivity contribution in [3.63, 3.8) is 0 Å². The Balaban J connectivity index is 1.70. The van der Waals surface area contributed by atoms with E-state index < -0.39 is 36.3 Å². The van der Waals surface area contributed by atoms with Gasteiger partial charge in [0.25, 0.3) is 11.5 Å². The highest BCUT2D eigenvalue weighted by molar-refractivity contribution is 5.82. The number of carbonyl (C=O) groups is 2. The van der Waals surface area contributed by atoms with E-state index in [-0.39, 0.29) is 13.1 Å². The number of rotatable bonds is 7. The second-order valence-electron chi connectivity index (χ2n) is 5.95. The largest absolute Gasteiger partial charge is 0.467 e. The number of nitrogens with zero attached hydrogens (tertiary/aromatic N) is 2. The van der Waals surface area contributed by atoms with Gasteiger partial charge < -0.3 is 14.5 Å². The summed E-state index contributed by atoms with van der Waals surface area (Å²) in [5.41, 5.74) is -0.683. The van der Waals surface area contributed by atoms with Crippen LogP contribution in [0, 0.1) is 0 Å². The lowest BCUT2D eigenvalue weighted by atomic mass is 10.2. The van der Waals surface area contributed by atoms with E-state index in [1.54, 1.807) is 43.3 Å². The van der Waals surface area contributed by atoms with Gasteiger partial charge in [0.05, 0.1) is 23.7 Å². The van der Waals surface area contributed by atoms with Gasteiger partial charge in [0, 0.05) is 6.54 Å². The van der Waals surface area contributed by atoms with Gasteiger partial charge >= 0.3 is 11.7 Å². The lowest BCUT2D eigenvalue weighted by Gasteiger charge is -2.12. The zero-order chi connectivity index (χ0) is 20.1. The van der Waals surface area contributed by atoms with Crippen molar-refractivity contribution in [2.75, 3.05) is 6.61 Å². The number of amides is 1. The predicted molar refractivity (Wildman–Crippen MR) is 99.7 cm³/mol. The summed E-state index contributed by atoms with van der Waals surface area (Å²) in [6.07, 6.45) is 1.49. The molecule has 9 heteroatoms. The maximum absolute atomic E-state index is 12.6. The van der Waals surface area contributed by atoms with Crippen LogP contribution in [-0.2, 0) is 34.0 Å². The van der Waals surface area contributed by atoms with E-state index in [1.165, 1.54) is 10.8 Å². The lowest BCUT2D eigenvalue weighted by Crippen LogP contribution is -2.41. The van der Waals surface area contributed by atoms with E-state index in [9.17, 15) is 19.2 Å². The fourth-order valence-corrected chi connectivity index (χ4v) is 2.77. The fourth-order valence-electron chi connectivity index (χ4n) is 2.77. The maximum Gasteiger partial charge on any atom is 0.332 e. The first kappa shape index (κ1) is 19.2. The van der Waals surface area contributed by atoms with Crippen molar-refractivity contribution in [1.29, 1.82) is 0 Å². The first-order valence-corrected chi connectivity index (χ1v) is 8.68. The zero-order valence-electron chi connectivity index (χ0n) is 15.2. The van der Waals surface area contributed by atoms with Crippen LogP contribution in [0.2, 0.25) is 0 Å². The third-order valence-corrected chi connectivity index (χ3v) is 4.14. The van der Waals surface area contributed by atoms with Gasteiger partial charge in [-0.3, -0.25) is 23.5 Å². The molecule has 9 nitrogen and oxygen atoms in total. The standard InChI is InChI=1S/C19H19N3O6/c1-2-21-18(25)14-7-3-4-8-15(14)22(19(21)26)11-17(24)28-12-16(23)20-10-13-6-5-9-27-13/h3-9H,2,10-12H2,1H3,(H,20,23). The van der Waals surface area contributed by atoms with Crippen LogP contribution in [-0.4, -0.2) is 27.6 Å². The molecule has 0 bridgehead atoms. The van der Waals surface area contributed by atoms with Crippen LogP contribution in [0.4, 0.5) is 0 Å². The number of furan rings is 1. The van der Waals surface area contributed by atoms with Crippen LogP contribution in [0.15, 0.2) is 56.7 Å². The van der Waals surface area contributed by atoms with Crippen molar-refractivity contribution in [3.05, 3.63) is 69.3 Å². The highest BCUT2D eigenvalue weighted by atomic mass is 16.5. The Bertz CT molecular complexity index is 1110. The minimum absolute atomic E-state index is 0.173. The number of hydrogen-bond donors (Lipinski definition) is 1. The number of benzene rings is 1. The fraction of sp³-hybridized carbons (Fsp3) is 0.263. The Morgan fingerprint density at radius 2 is 1.89 bits per heavy atom. The van der Waals surface area contributed by atoms with E-state index in [1.807, 2.05) is 0 Å². The molecule has 0 unspecified atom stereocenters. The van der Waals surface area contributed by atoms with Gasteiger partial charge in [0.2, 0.25) is 0 Å². The summed E-state index contributed by atoms with van der Waals surface area (Å²) in [6.45, 7) is 1.12. The van der Waals surface area contributed by atoms with E-state index in [0.29, 0.717) is 16.7 Å². The van der Waals surface area contributed by atoms with Gasteiger partial charge in [-0.25, -0.2) is 4.79 Å². The monoisotopic (exact) mass is 385 g/mol. The molecule has 1 aromatic carbocycles. The van der Waals surface area contributed by atoms with Crippen molar-refractivity contribution in [3.8, 4) is 0 Å². The van der Waals surface area contributed by atoms with E-state index in [4.69, 9.17) is 9.15 Å². The second-order valence-corrected chi connectivity index (χ2v) is 5.95. The van der Waals surface area contributed by atoms with Gasteiger partial charge in [0.15, 0.2) is 6.61 Å². The molecule has 0 spiro atoms. The lowest BCUT2D eigenvalue weighted by molar-refractivity contribution is -0.149. The Hall–Kier alpha value is -3.62. The van der Waals surface area contributed by atoms with E-state index >= 15 is 0 Å². The highest BCUT2D eigenvalue weighted by Crippen LogP contribution is 2.07. The third-order valence-electron chi connectivity index (χ3n) is 4.14. The number of fused-ring (bicyclic) bond motifs is 1. The quantitative estimate of drug-likeness (QED) is 0.597. The normalized spacial score (nSPS) is 10.8. The van der Waals surface area contributed by atoms with Crippen LogP contribution in [0.1, 0.15) is 12.7 Å². The summed E-state index contributed by atoms with van der Waals surface area (Å²) in [7, 11) is 0. The molecule has 2 aromatic heterocycles. The second kappa shape index (κ2) is 8.38. The topological polar surface area (TPSA) is 113 Å². The predicted octanol–water partition coefficient (Wildman–Crippen LogP) is 0.636. The number of hydrogen-bond acceptors (Lipinski definition) is 6. The summed E-state index contributed by atoms with van der Waals surface area (Å²) in [4.78, 5) is 48.9. The molecule has 3 rings (SSSR count). The van der Waals surface area contributed by atoms with Gasteiger partial charge in [0.1, 0.15) is 12.3 Å². The molecule has 0 radical (unpaired) electrons. The minimum Gasteiger partial charge on any atom is -0.467 e. The zero-order valence-corrected chi connectivity index (χ0v) is 15.2. The first-order valence-electron chi connectivity index (χ1n) is 8.68. The van der Waals surface area contributed by atoms with Crippen LogP contribution >= 0.6 is 0 Å². The van der Waals surface area contributed by atoms with Crippen molar-refractivity contribution in [2.45, 2.75) is 26.6 Å². The molecule has 3 aromatic rings. The van der Waals surface area contributed by atoms with Crippen molar-refractivity contribution in [2.24, 2.45) is 0 Å². The average molecular weight is 385 g/mol. The van der Waals surface area contributed by atoms with Gasteiger partial charge in [-0.1, -0.05) is 12.1 Å². The third kappa shape index (κ3) is 4.03. The van der Waals surface area contributed by atoms with Crippen molar-refractivity contribution >= 4 is 22.8 Å². The molecule has 1 N–H and O–H groups in total.